The van der Waals surface area contributed by atoms with Gasteiger partial charge in [0.15, 0.2) is 0 Å². The fourth-order valence-electron chi connectivity index (χ4n) is 2.17. The maximum atomic E-state index is 13.9. The van der Waals surface area contributed by atoms with Gasteiger partial charge in [0, 0.05) is 0 Å². The van der Waals surface area contributed by atoms with Gasteiger partial charge in [0.25, 0.3) is 15.8 Å². The molecule has 0 aliphatic rings. The second-order valence-electron chi connectivity index (χ2n) is 6.11. The summed E-state index contributed by atoms with van der Waals surface area (Å²) in [5, 5.41) is -7.07. The maximum Gasteiger partial charge on any atom is 0.460 e. The minimum Gasteiger partial charge on any atom is -0.460 e. The Morgan fingerprint density at radius 1 is 0.938 bits per heavy atom. The van der Waals surface area contributed by atoms with Crippen LogP contribution in [-0.4, -0.2) is 56.1 Å². The molecule has 1 N–H and O–H groups in total. The molecule has 0 aromatic heterocycles. The van der Waals surface area contributed by atoms with Crippen LogP contribution in [0.15, 0.2) is 30.3 Å². The van der Waals surface area contributed by atoms with Crippen molar-refractivity contribution in [3.8, 4) is 0 Å². The van der Waals surface area contributed by atoms with Crippen molar-refractivity contribution in [3.63, 3.8) is 0 Å². The van der Waals surface area contributed by atoms with E-state index >= 15 is 0 Å². The predicted molar refractivity (Wildman–Crippen MR) is 88.5 cm³/mol. The quantitative estimate of drug-likeness (QED) is 0.301. The Morgan fingerprint density at radius 2 is 1.44 bits per heavy atom. The van der Waals surface area contributed by atoms with E-state index in [-0.39, 0.29) is 5.56 Å². The first-order valence-corrected chi connectivity index (χ1v) is 9.78. The van der Waals surface area contributed by atoms with Crippen LogP contribution >= 0.6 is 0 Å². The number of Topliss-reactive ketones (excluding diaryl/α,β-unsaturated/α-hetero) is 1. The number of ketones is 1. The van der Waals surface area contributed by atoms with Crippen molar-refractivity contribution < 1.29 is 62.3 Å². The highest BCUT2D eigenvalue weighted by molar-refractivity contribution is 7.90. The third-order valence-electron chi connectivity index (χ3n) is 3.83. The van der Waals surface area contributed by atoms with E-state index in [1.165, 1.54) is 37.3 Å². The normalized spacial score (nSPS) is 14.7. The molecule has 182 valence electrons. The molecule has 1 unspecified atom stereocenters. The summed E-state index contributed by atoms with van der Waals surface area (Å²) in [5.41, 5.74) is -0.0199. The van der Waals surface area contributed by atoms with Gasteiger partial charge in [-0.1, -0.05) is 30.3 Å². The predicted octanol–water partition coefficient (Wildman–Crippen LogP) is 3.08. The van der Waals surface area contributed by atoms with Gasteiger partial charge in [-0.25, -0.2) is 13.2 Å². The van der Waals surface area contributed by atoms with Crippen molar-refractivity contribution in [2.45, 2.75) is 42.7 Å². The van der Waals surface area contributed by atoms with Crippen molar-refractivity contribution in [3.05, 3.63) is 35.9 Å². The lowest BCUT2D eigenvalue weighted by Gasteiger charge is -2.33. The Kier molecular flexibility index (Phi) is 8.00. The lowest BCUT2D eigenvalue weighted by Crippen LogP contribution is -2.66. The van der Waals surface area contributed by atoms with Gasteiger partial charge < -0.3 is 4.74 Å². The monoisotopic (exact) mass is 503 g/mol. The van der Waals surface area contributed by atoms with E-state index in [0.717, 1.165) is 0 Å². The molecule has 0 saturated heterocycles. The number of hydrogen-bond donors (Lipinski definition) is 1. The summed E-state index contributed by atoms with van der Waals surface area (Å²) in [7, 11) is -7.12. The number of hydrogen-bond acceptors (Lipinski definition) is 5. The molecular formula is C16H14F9NO5S. The van der Waals surface area contributed by atoms with Crippen LogP contribution in [0.5, 0.6) is 0 Å². The van der Waals surface area contributed by atoms with Crippen LogP contribution < -0.4 is 4.72 Å². The van der Waals surface area contributed by atoms with Gasteiger partial charge in [-0.2, -0.15) is 44.2 Å². The third-order valence-corrected chi connectivity index (χ3v) is 5.35. The lowest BCUT2D eigenvalue weighted by atomic mass is 10.0. The number of halogens is 9. The largest absolute Gasteiger partial charge is 0.460 e. The summed E-state index contributed by atoms with van der Waals surface area (Å²) in [5.74, 6) is -18.7. The molecule has 16 heteroatoms. The van der Waals surface area contributed by atoms with Crippen LogP contribution in [0.4, 0.5) is 39.5 Å². The first kappa shape index (κ1) is 27.7. The fourth-order valence-corrected chi connectivity index (χ4v) is 3.35. The highest BCUT2D eigenvalue weighted by atomic mass is 32.2. The molecule has 0 aliphatic carbocycles. The number of sulfonamides is 1. The molecule has 1 aromatic rings. The molecule has 0 radical (unpaired) electrons. The minimum atomic E-state index is -7.49. The van der Waals surface area contributed by atoms with Gasteiger partial charge in [-0.3, -0.25) is 4.79 Å². The standard InChI is InChI=1S/C16H14F9NO5S/c1-2-31-12(28)11(27)10(8-9-6-4-3-5-7-9)26-32(29,30)16(24,25)14(19,20)13(17,18)15(21,22)23/h3-7,10,26H,2,8H2,1H3. The molecular weight excluding hydrogens is 489 g/mol. The van der Waals surface area contributed by atoms with Crippen LogP contribution in [0, 0.1) is 0 Å². The number of esters is 1. The zero-order valence-electron chi connectivity index (χ0n) is 15.7. The van der Waals surface area contributed by atoms with Crippen LogP contribution in [0.2, 0.25) is 0 Å². The number of benzene rings is 1. The smallest absolute Gasteiger partial charge is 0.460 e. The molecule has 6 nitrogen and oxygen atoms in total. The summed E-state index contributed by atoms with van der Waals surface area (Å²) in [6.07, 6.45) is -8.19. The van der Waals surface area contributed by atoms with Gasteiger partial charge in [-0.15, -0.1) is 0 Å². The highest BCUT2D eigenvalue weighted by Crippen LogP contribution is 2.54. The zero-order valence-corrected chi connectivity index (χ0v) is 16.5. The summed E-state index contributed by atoms with van der Waals surface area (Å²) in [6, 6.07) is 3.81. The number of carbonyl (C=O) groups excluding carboxylic acids is 2. The third kappa shape index (κ3) is 5.16. The van der Waals surface area contributed by atoms with E-state index in [0.29, 0.717) is 4.72 Å². The Morgan fingerprint density at radius 3 is 1.88 bits per heavy atom. The van der Waals surface area contributed by atoms with E-state index < -0.39 is 64.1 Å². The summed E-state index contributed by atoms with van der Waals surface area (Å²) < 4.78 is 146. The second kappa shape index (κ2) is 9.25. The van der Waals surface area contributed by atoms with Crippen molar-refractivity contribution in [1.29, 1.82) is 0 Å². The second-order valence-corrected chi connectivity index (χ2v) is 7.87. The van der Waals surface area contributed by atoms with Crippen LogP contribution in [0.3, 0.4) is 0 Å². The van der Waals surface area contributed by atoms with Crippen molar-refractivity contribution >= 4 is 21.8 Å². The topological polar surface area (TPSA) is 89.5 Å². The highest BCUT2D eigenvalue weighted by Gasteiger charge is 2.85. The maximum absolute atomic E-state index is 13.9. The molecule has 1 aromatic carbocycles. The van der Waals surface area contributed by atoms with Gasteiger partial charge in [0.2, 0.25) is 0 Å². The fraction of sp³-hybridized carbons (Fsp3) is 0.500. The average Bonchev–Trinajstić information content (AvgIpc) is 2.66. The SMILES string of the molecule is CCOC(=O)C(=O)C(Cc1ccccc1)NS(=O)(=O)C(F)(F)C(F)(F)C(F)(F)C(F)(F)F. The Labute approximate surface area is 174 Å². The zero-order chi connectivity index (χ0) is 25.2. The molecule has 1 atom stereocenters. The van der Waals surface area contributed by atoms with Crippen LogP contribution in [0.1, 0.15) is 12.5 Å². The van der Waals surface area contributed by atoms with Gasteiger partial charge >= 0.3 is 29.2 Å². The van der Waals surface area contributed by atoms with Crippen molar-refractivity contribution in [2.24, 2.45) is 0 Å². The summed E-state index contributed by atoms with van der Waals surface area (Å²) in [4.78, 5) is 23.7. The molecule has 32 heavy (non-hydrogen) atoms. The molecule has 0 bridgehead atoms. The molecule has 0 saturated carbocycles. The Bertz CT molecular complexity index is 933. The van der Waals surface area contributed by atoms with E-state index in [9.17, 15) is 57.5 Å². The molecule has 1 rings (SSSR count). The van der Waals surface area contributed by atoms with E-state index in [1.807, 2.05) is 0 Å². The average molecular weight is 503 g/mol. The molecule has 0 amide bonds. The van der Waals surface area contributed by atoms with E-state index in [4.69, 9.17) is 0 Å². The molecule has 0 heterocycles. The Balaban J connectivity index is 3.43. The number of carbonyl (C=O) groups is 2. The first-order chi connectivity index (χ1) is 14.3. The number of alkyl halides is 9. The van der Waals surface area contributed by atoms with Gasteiger partial charge in [0.05, 0.1) is 12.6 Å². The Hall–Kier alpha value is -2.36. The first-order valence-electron chi connectivity index (χ1n) is 8.30. The molecule has 0 fully saturated rings. The van der Waals surface area contributed by atoms with Gasteiger partial charge in [0.1, 0.15) is 0 Å². The van der Waals surface area contributed by atoms with Crippen molar-refractivity contribution in [2.75, 3.05) is 6.61 Å². The molecule has 0 aliphatic heterocycles. The number of ether oxygens (including phenoxy) is 1. The van der Waals surface area contributed by atoms with E-state index in [1.54, 1.807) is 0 Å². The van der Waals surface area contributed by atoms with E-state index in [2.05, 4.69) is 4.74 Å². The van der Waals surface area contributed by atoms with Gasteiger partial charge in [-0.05, 0) is 18.9 Å². The minimum absolute atomic E-state index is 0.0199. The summed E-state index contributed by atoms with van der Waals surface area (Å²) >= 11 is 0. The van der Waals surface area contributed by atoms with Crippen LogP contribution in [0.25, 0.3) is 0 Å². The summed E-state index contributed by atoms with van der Waals surface area (Å²) in [6.45, 7) is 0.733. The molecule has 0 spiro atoms. The van der Waals surface area contributed by atoms with Crippen molar-refractivity contribution in [1.82, 2.24) is 4.72 Å². The van der Waals surface area contributed by atoms with Crippen LogP contribution in [-0.2, 0) is 30.8 Å². The lowest BCUT2D eigenvalue weighted by molar-refractivity contribution is -0.382. The number of rotatable bonds is 10. The number of nitrogens with one attached hydrogen (secondary N) is 1.